The zero-order chi connectivity index (χ0) is 12.2. The first-order valence-corrected chi connectivity index (χ1v) is 4.25. The van der Waals surface area contributed by atoms with Crippen molar-refractivity contribution in [1.29, 1.82) is 0 Å². The first-order chi connectivity index (χ1) is 7.66. The van der Waals surface area contributed by atoms with Crippen LogP contribution in [0.15, 0.2) is 0 Å². The monoisotopic (exact) mass is 237 g/mol. The molecule has 0 amide bonds. The van der Waals surface area contributed by atoms with Crippen LogP contribution in [0.3, 0.4) is 0 Å². The van der Waals surface area contributed by atoms with Crippen LogP contribution >= 0.6 is 0 Å². The summed E-state index contributed by atoms with van der Waals surface area (Å²) in [6, 6.07) is 0. The van der Waals surface area contributed by atoms with E-state index < -0.39 is 11.2 Å². The van der Waals surface area contributed by atoms with Gasteiger partial charge in [0.05, 0.1) is 13.2 Å². The van der Waals surface area contributed by atoms with Crippen molar-refractivity contribution in [3.05, 3.63) is 10.1 Å². The van der Waals surface area contributed by atoms with Crippen molar-refractivity contribution in [1.82, 2.24) is 0 Å². The minimum absolute atomic E-state index is 0.00766. The molecule has 0 aliphatic rings. The van der Waals surface area contributed by atoms with E-state index in [1.165, 1.54) is 0 Å². The largest absolute Gasteiger partial charge is 0.508 e. The van der Waals surface area contributed by atoms with Gasteiger partial charge in [0.2, 0.25) is 0 Å². The van der Waals surface area contributed by atoms with Crippen LogP contribution in [0.5, 0.6) is 0 Å². The Morgan fingerprint density at radius 2 is 1.88 bits per heavy atom. The number of hydrogen-bond acceptors (Lipinski definition) is 8. The van der Waals surface area contributed by atoms with Crippen LogP contribution in [-0.4, -0.2) is 50.6 Å². The van der Waals surface area contributed by atoms with E-state index in [4.69, 9.17) is 4.74 Å². The molecule has 9 heteroatoms. The minimum atomic E-state index is -0.975. The van der Waals surface area contributed by atoms with Crippen molar-refractivity contribution in [2.45, 2.75) is 0 Å². The smallest absolute Gasteiger partial charge is 0.432 e. The van der Waals surface area contributed by atoms with Gasteiger partial charge >= 0.3 is 6.16 Å². The van der Waals surface area contributed by atoms with Gasteiger partial charge in [0.15, 0.2) is 12.9 Å². The number of rotatable bonds is 9. The number of ether oxygens (including phenoxy) is 3. The van der Waals surface area contributed by atoms with Gasteiger partial charge in [-0.2, -0.15) is 0 Å². The highest BCUT2D eigenvalue weighted by Crippen LogP contribution is 1.85. The van der Waals surface area contributed by atoms with E-state index in [1.54, 1.807) is 0 Å². The van der Waals surface area contributed by atoms with Gasteiger partial charge in [-0.15, -0.1) is 10.1 Å². The number of hydrogen-bond donors (Lipinski definition) is 0. The fraction of sp³-hybridized carbons (Fsp3) is 0.714. The maximum atomic E-state index is 10.6. The van der Waals surface area contributed by atoms with Gasteiger partial charge in [-0.1, -0.05) is 0 Å². The van der Waals surface area contributed by atoms with Gasteiger partial charge in [-0.05, 0) is 0 Å². The zero-order valence-corrected chi connectivity index (χ0v) is 8.33. The Bertz CT molecular complexity index is 230. The molecule has 0 atom stereocenters. The first-order valence-electron chi connectivity index (χ1n) is 4.25. The first kappa shape index (κ1) is 14.1. The maximum absolute atomic E-state index is 10.6. The van der Waals surface area contributed by atoms with Gasteiger partial charge < -0.3 is 19.0 Å². The van der Waals surface area contributed by atoms with Crippen LogP contribution in [0.1, 0.15) is 0 Å². The molecule has 0 heterocycles. The number of nitrogens with zero attached hydrogens (tertiary/aromatic N) is 1. The number of carbonyl (C=O) groups excluding carboxylic acids is 2. The molecule has 0 aliphatic heterocycles. The van der Waals surface area contributed by atoms with Crippen LogP contribution < -0.4 is 0 Å². The average Bonchev–Trinajstić information content (AvgIpc) is 2.24. The molecule has 0 bridgehead atoms. The van der Waals surface area contributed by atoms with E-state index in [9.17, 15) is 19.7 Å². The molecule has 0 aliphatic carbocycles. The van der Waals surface area contributed by atoms with Crippen molar-refractivity contribution >= 4 is 12.4 Å². The van der Waals surface area contributed by atoms with Gasteiger partial charge in [0.25, 0.3) is 5.09 Å². The van der Waals surface area contributed by atoms with Crippen LogP contribution in [0, 0.1) is 10.1 Å². The second-order valence-corrected chi connectivity index (χ2v) is 2.25. The molecule has 0 aromatic heterocycles. The van der Waals surface area contributed by atoms with Crippen molar-refractivity contribution in [2.24, 2.45) is 0 Å². The molecule has 0 spiro atoms. The lowest BCUT2D eigenvalue weighted by Gasteiger charge is -2.04. The van der Waals surface area contributed by atoms with E-state index in [0.717, 1.165) is 0 Å². The van der Waals surface area contributed by atoms with Crippen LogP contribution in [0.2, 0.25) is 0 Å². The highest BCUT2D eigenvalue weighted by atomic mass is 17.0. The van der Waals surface area contributed by atoms with Crippen LogP contribution in [0.25, 0.3) is 0 Å². The molecule has 0 saturated carbocycles. The minimum Gasteiger partial charge on any atom is -0.432 e. The molecule has 16 heavy (non-hydrogen) atoms. The van der Waals surface area contributed by atoms with E-state index in [0.29, 0.717) is 6.29 Å². The van der Waals surface area contributed by atoms with Crippen LogP contribution in [0.4, 0.5) is 4.79 Å². The third kappa shape index (κ3) is 10.2. The quantitative estimate of drug-likeness (QED) is 0.174. The SMILES string of the molecule is O=CCOC(=O)OCCOCCO[N+](=O)[O-]. The molecule has 0 rings (SSSR count). The predicted octanol–water partition coefficient (Wildman–Crippen LogP) is -0.437. The molecular weight excluding hydrogens is 226 g/mol. The lowest BCUT2D eigenvalue weighted by atomic mass is 10.7. The standard InChI is InChI=1S/C7H11NO8/c9-1-2-14-7(10)15-5-3-13-4-6-16-8(11)12/h1H,2-6H2. The molecule has 0 fully saturated rings. The molecule has 0 N–H and O–H groups in total. The molecule has 0 aromatic rings. The maximum Gasteiger partial charge on any atom is 0.508 e. The Balaban J connectivity index is 3.17. The van der Waals surface area contributed by atoms with Gasteiger partial charge in [0, 0.05) is 0 Å². The summed E-state index contributed by atoms with van der Waals surface area (Å²) in [5.41, 5.74) is 0. The molecule has 0 saturated heterocycles. The fourth-order valence-corrected chi connectivity index (χ4v) is 0.600. The summed E-state index contributed by atoms with van der Waals surface area (Å²) < 4.78 is 13.5. The van der Waals surface area contributed by atoms with Gasteiger partial charge in [-0.25, -0.2) is 4.79 Å². The summed E-state index contributed by atoms with van der Waals surface area (Å²) in [5, 5.41) is 8.76. The summed E-state index contributed by atoms with van der Waals surface area (Å²) in [6.45, 7) is -0.569. The highest BCUT2D eigenvalue weighted by molar-refractivity contribution is 5.63. The van der Waals surface area contributed by atoms with Crippen molar-refractivity contribution in [3.8, 4) is 0 Å². The highest BCUT2D eigenvalue weighted by Gasteiger charge is 2.02. The molecule has 0 radical (unpaired) electrons. The van der Waals surface area contributed by atoms with E-state index in [1.807, 2.05) is 0 Å². The lowest BCUT2D eigenvalue weighted by molar-refractivity contribution is -0.758. The Hall–Kier alpha value is -1.90. The Morgan fingerprint density at radius 1 is 1.19 bits per heavy atom. The summed E-state index contributed by atoms with van der Waals surface area (Å²) in [4.78, 5) is 34.0. The Kier molecular flexibility index (Phi) is 8.50. The van der Waals surface area contributed by atoms with E-state index >= 15 is 0 Å². The van der Waals surface area contributed by atoms with Crippen molar-refractivity contribution < 1.29 is 33.7 Å². The van der Waals surface area contributed by atoms with E-state index in [2.05, 4.69) is 14.3 Å². The molecule has 0 aromatic carbocycles. The number of aldehydes is 1. The molecule has 92 valence electrons. The normalized spacial score (nSPS) is 9.25. The summed E-state index contributed by atoms with van der Waals surface area (Å²) >= 11 is 0. The van der Waals surface area contributed by atoms with Crippen molar-refractivity contribution in [2.75, 3.05) is 33.0 Å². The second kappa shape index (κ2) is 9.65. The molecule has 0 unspecified atom stereocenters. The fourth-order valence-electron chi connectivity index (χ4n) is 0.600. The summed E-state index contributed by atoms with van der Waals surface area (Å²) in [6.07, 6.45) is -0.565. The zero-order valence-electron chi connectivity index (χ0n) is 8.33. The molecule has 9 nitrogen and oxygen atoms in total. The summed E-state index contributed by atoms with van der Waals surface area (Å²) in [7, 11) is 0. The van der Waals surface area contributed by atoms with E-state index in [-0.39, 0.29) is 33.0 Å². The Labute approximate surface area is 90.3 Å². The number of carbonyl (C=O) groups is 2. The topological polar surface area (TPSA) is 114 Å². The second-order valence-electron chi connectivity index (χ2n) is 2.25. The average molecular weight is 237 g/mol. The summed E-state index contributed by atoms with van der Waals surface area (Å²) in [5.74, 6) is 0. The Morgan fingerprint density at radius 3 is 2.50 bits per heavy atom. The lowest BCUT2D eigenvalue weighted by Crippen LogP contribution is -2.15. The van der Waals surface area contributed by atoms with Crippen molar-refractivity contribution in [3.63, 3.8) is 0 Å². The van der Waals surface area contributed by atoms with Gasteiger partial charge in [-0.3, -0.25) is 4.79 Å². The third-order valence-corrected chi connectivity index (χ3v) is 1.14. The molecular formula is C7H11NO8. The predicted molar refractivity (Wildman–Crippen MR) is 47.1 cm³/mol. The van der Waals surface area contributed by atoms with Crippen LogP contribution in [-0.2, 0) is 23.8 Å². The third-order valence-electron chi connectivity index (χ3n) is 1.14. The van der Waals surface area contributed by atoms with Gasteiger partial charge in [0.1, 0.15) is 13.2 Å².